The molecule has 0 aliphatic carbocycles. The molecule has 2 aromatic rings. The summed E-state index contributed by atoms with van der Waals surface area (Å²) in [4.78, 5) is 27.4. The Balaban J connectivity index is 1.46. The van der Waals surface area contributed by atoms with Gasteiger partial charge < -0.3 is 15.5 Å². The van der Waals surface area contributed by atoms with Gasteiger partial charge in [-0.25, -0.2) is 0 Å². The van der Waals surface area contributed by atoms with Crippen LogP contribution in [0.5, 0.6) is 0 Å². The van der Waals surface area contributed by atoms with E-state index in [-0.39, 0.29) is 11.8 Å². The van der Waals surface area contributed by atoms with Crippen molar-refractivity contribution in [2.45, 2.75) is 38.1 Å². The lowest BCUT2D eigenvalue weighted by Gasteiger charge is -2.44. The number of carbonyl (C=O) groups excluding carboxylic acids is 2. The van der Waals surface area contributed by atoms with Gasteiger partial charge in [-0.15, -0.1) is 0 Å². The van der Waals surface area contributed by atoms with Crippen molar-refractivity contribution >= 4 is 23.2 Å². The Morgan fingerprint density at radius 2 is 1.63 bits per heavy atom. The first-order valence-corrected chi connectivity index (χ1v) is 9.56. The summed E-state index contributed by atoms with van der Waals surface area (Å²) < 4.78 is 0. The standard InChI is InChI=1S/C22H25N3O2/c1-15(2)16-7-9-17(10-8-16)20(26)25-13-11-22(12-14-25)21(27)23-18-5-3-4-6-19(18)24-22/h3-10,15,24H,11-14H2,1-2H3,(H,23,27). The lowest BCUT2D eigenvalue weighted by atomic mass is 9.84. The minimum atomic E-state index is -0.632. The minimum Gasteiger partial charge on any atom is -0.369 e. The van der Waals surface area contributed by atoms with Crippen molar-refractivity contribution in [3.63, 3.8) is 0 Å². The van der Waals surface area contributed by atoms with Crippen molar-refractivity contribution in [1.82, 2.24) is 4.90 Å². The molecule has 5 heteroatoms. The largest absolute Gasteiger partial charge is 0.369 e. The number of amides is 2. The first-order chi connectivity index (χ1) is 13.0. The maximum Gasteiger partial charge on any atom is 0.253 e. The van der Waals surface area contributed by atoms with Crippen molar-refractivity contribution < 1.29 is 9.59 Å². The van der Waals surface area contributed by atoms with Crippen LogP contribution < -0.4 is 10.6 Å². The van der Waals surface area contributed by atoms with Gasteiger partial charge in [0, 0.05) is 18.7 Å². The van der Waals surface area contributed by atoms with E-state index in [0.29, 0.717) is 37.4 Å². The number of hydrogen-bond acceptors (Lipinski definition) is 3. The van der Waals surface area contributed by atoms with Crippen molar-refractivity contribution in [2.75, 3.05) is 23.7 Å². The highest BCUT2D eigenvalue weighted by atomic mass is 16.2. The van der Waals surface area contributed by atoms with E-state index in [4.69, 9.17) is 0 Å². The van der Waals surface area contributed by atoms with Crippen LogP contribution in [0.25, 0.3) is 0 Å². The first-order valence-electron chi connectivity index (χ1n) is 9.56. The molecule has 0 radical (unpaired) electrons. The minimum absolute atomic E-state index is 0.00501. The molecule has 1 fully saturated rings. The van der Waals surface area contributed by atoms with E-state index in [1.807, 2.05) is 53.4 Å². The van der Waals surface area contributed by atoms with Crippen molar-refractivity contribution in [3.8, 4) is 0 Å². The zero-order valence-corrected chi connectivity index (χ0v) is 15.8. The van der Waals surface area contributed by atoms with Gasteiger partial charge >= 0.3 is 0 Å². The van der Waals surface area contributed by atoms with E-state index in [0.717, 1.165) is 11.4 Å². The lowest BCUT2D eigenvalue weighted by Crippen LogP contribution is -2.59. The Bertz CT molecular complexity index is 865. The number of fused-ring (bicyclic) bond motifs is 1. The molecular formula is C22H25N3O2. The number of likely N-dealkylation sites (tertiary alicyclic amines) is 1. The Morgan fingerprint density at radius 1 is 1.00 bits per heavy atom. The second-order valence-corrected chi connectivity index (χ2v) is 7.78. The van der Waals surface area contributed by atoms with E-state index >= 15 is 0 Å². The highest BCUT2D eigenvalue weighted by Crippen LogP contribution is 2.36. The monoisotopic (exact) mass is 363 g/mol. The SMILES string of the molecule is CC(C)c1ccc(C(=O)N2CCC3(CC2)Nc2ccccc2NC3=O)cc1. The maximum atomic E-state index is 12.8. The molecular weight excluding hydrogens is 338 g/mol. The van der Waals surface area contributed by atoms with Gasteiger partial charge in [0.05, 0.1) is 11.4 Å². The fourth-order valence-corrected chi connectivity index (χ4v) is 3.89. The average molecular weight is 363 g/mol. The van der Waals surface area contributed by atoms with E-state index in [1.165, 1.54) is 5.56 Å². The number of anilines is 2. The molecule has 0 bridgehead atoms. The molecule has 2 amide bonds. The second-order valence-electron chi connectivity index (χ2n) is 7.78. The highest BCUT2D eigenvalue weighted by molar-refractivity contribution is 6.06. The molecule has 4 rings (SSSR count). The number of piperidine rings is 1. The third-order valence-corrected chi connectivity index (χ3v) is 5.71. The van der Waals surface area contributed by atoms with E-state index in [9.17, 15) is 9.59 Å². The normalized spacial score (nSPS) is 18.0. The number of hydrogen-bond donors (Lipinski definition) is 2. The van der Waals surface area contributed by atoms with Gasteiger partial charge in [0.1, 0.15) is 5.54 Å². The molecule has 0 saturated carbocycles. The number of rotatable bonds is 2. The van der Waals surface area contributed by atoms with Crippen LogP contribution in [-0.4, -0.2) is 35.3 Å². The van der Waals surface area contributed by atoms with Gasteiger partial charge in [0.25, 0.3) is 5.91 Å². The summed E-state index contributed by atoms with van der Waals surface area (Å²) in [5.74, 6) is 0.481. The van der Waals surface area contributed by atoms with Crippen LogP contribution in [0.4, 0.5) is 11.4 Å². The fourth-order valence-electron chi connectivity index (χ4n) is 3.89. The number of carbonyl (C=O) groups is 2. The number of para-hydroxylation sites is 2. The van der Waals surface area contributed by atoms with Crippen molar-refractivity contribution in [1.29, 1.82) is 0 Å². The van der Waals surface area contributed by atoms with Crippen LogP contribution >= 0.6 is 0 Å². The van der Waals surface area contributed by atoms with Crippen LogP contribution in [0.3, 0.4) is 0 Å². The zero-order chi connectivity index (χ0) is 19.0. The number of nitrogens with zero attached hydrogens (tertiary/aromatic N) is 1. The van der Waals surface area contributed by atoms with Crippen LogP contribution in [-0.2, 0) is 4.79 Å². The van der Waals surface area contributed by atoms with Crippen LogP contribution in [0.2, 0.25) is 0 Å². The highest BCUT2D eigenvalue weighted by Gasteiger charge is 2.45. The average Bonchev–Trinajstić information content (AvgIpc) is 2.69. The third-order valence-electron chi connectivity index (χ3n) is 5.71. The predicted molar refractivity (Wildman–Crippen MR) is 107 cm³/mol. The molecule has 27 heavy (non-hydrogen) atoms. The van der Waals surface area contributed by atoms with Crippen molar-refractivity contribution in [3.05, 3.63) is 59.7 Å². The van der Waals surface area contributed by atoms with E-state index < -0.39 is 5.54 Å². The second kappa shape index (κ2) is 6.72. The van der Waals surface area contributed by atoms with Gasteiger partial charge in [0.15, 0.2) is 0 Å². The zero-order valence-electron chi connectivity index (χ0n) is 15.8. The Hall–Kier alpha value is -2.82. The van der Waals surface area contributed by atoms with Gasteiger partial charge in [0.2, 0.25) is 5.91 Å². The third kappa shape index (κ3) is 3.18. The summed E-state index contributed by atoms with van der Waals surface area (Å²) in [7, 11) is 0. The molecule has 2 aliphatic rings. The fraction of sp³-hybridized carbons (Fsp3) is 0.364. The van der Waals surface area contributed by atoms with Gasteiger partial charge in [-0.2, -0.15) is 0 Å². The molecule has 2 aromatic carbocycles. The van der Waals surface area contributed by atoms with Gasteiger partial charge in [-0.1, -0.05) is 38.1 Å². The van der Waals surface area contributed by atoms with Crippen LogP contribution in [0.15, 0.2) is 48.5 Å². The smallest absolute Gasteiger partial charge is 0.253 e. The molecule has 0 aromatic heterocycles. The lowest BCUT2D eigenvalue weighted by molar-refractivity contribution is -0.122. The van der Waals surface area contributed by atoms with E-state index in [1.54, 1.807) is 0 Å². The summed E-state index contributed by atoms with van der Waals surface area (Å²) in [5.41, 5.74) is 3.07. The molecule has 2 N–H and O–H groups in total. The van der Waals surface area contributed by atoms with Gasteiger partial charge in [-0.3, -0.25) is 9.59 Å². The first kappa shape index (κ1) is 17.6. The topological polar surface area (TPSA) is 61.4 Å². The quantitative estimate of drug-likeness (QED) is 0.852. The molecule has 2 aliphatic heterocycles. The maximum absolute atomic E-state index is 12.8. The van der Waals surface area contributed by atoms with Crippen molar-refractivity contribution in [2.24, 2.45) is 0 Å². The Kier molecular flexibility index (Phi) is 4.38. The Morgan fingerprint density at radius 3 is 2.26 bits per heavy atom. The summed E-state index contributed by atoms with van der Waals surface area (Å²) in [5, 5.41) is 6.44. The Labute approximate surface area is 159 Å². The number of benzene rings is 2. The molecule has 1 spiro atoms. The molecule has 0 atom stereocenters. The summed E-state index contributed by atoms with van der Waals surface area (Å²) in [6.07, 6.45) is 1.20. The summed E-state index contributed by atoms with van der Waals surface area (Å²) in [6, 6.07) is 15.6. The predicted octanol–water partition coefficient (Wildman–Crippen LogP) is 3.85. The molecule has 1 saturated heterocycles. The van der Waals surface area contributed by atoms with Crippen LogP contribution in [0, 0.1) is 0 Å². The van der Waals surface area contributed by atoms with Crippen LogP contribution in [0.1, 0.15) is 48.5 Å². The number of nitrogens with one attached hydrogen (secondary N) is 2. The molecule has 140 valence electrons. The summed E-state index contributed by atoms with van der Waals surface area (Å²) >= 11 is 0. The summed E-state index contributed by atoms with van der Waals surface area (Å²) in [6.45, 7) is 5.41. The van der Waals surface area contributed by atoms with E-state index in [2.05, 4.69) is 24.5 Å². The molecule has 2 heterocycles. The van der Waals surface area contributed by atoms with Gasteiger partial charge in [-0.05, 0) is 48.6 Å². The molecule has 5 nitrogen and oxygen atoms in total. The molecule has 0 unspecified atom stereocenters.